The van der Waals surface area contributed by atoms with Crippen molar-refractivity contribution < 1.29 is 17.9 Å². The van der Waals surface area contributed by atoms with Crippen LogP contribution in [0.15, 0.2) is 28.1 Å². The number of piperazine rings is 1. The van der Waals surface area contributed by atoms with Crippen LogP contribution in [0.1, 0.15) is 0 Å². The Hall–Kier alpha value is -2.84. The fourth-order valence-corrected chi connectivity index (χ4v) is 4.12. The van der Waals surface area contributed by atoms with E-state index in [1.54, 1.807) is 0 Å². The summed E-state index contributed by atoms with van der Waals surface area (Å²) in [6.07, 6.45) is 0. The molecule has 0 spiro atoms. The Labute approximate surface area is 184 Å². The standard InChI is InChI=1S/C17H24N8O4S2/c1-5-31(26,27)23-12-10-11(18)19-17(20-12)30-13-14(28-3)21-16(22-15(13)29-4)25-8-6-24(2)7-9-25/h5,10H,1,6-9H2,2-4H3,(H3,18,19,20,23). The lowest BCUT2D eigenvalue weighted by Gasteiger charge is -2.32. The molecular weight excluding hydrogens is 444 g/mol. The van der Waals surface area contributed by atoms with Crippen LogP contribution in [0.2, 0.25) is 0 Å². The van der Waals surface area contributed by atoms with Gasteiger partial charge in [-0.2, -0.15) is 9.97 Å². The van der Waals surface area contributed by atoms with Gasteiger partial charge in [-0.1, -0.05) is 6.58 Å². The molecule has 3 heterocycles. The normalized spacial score (nSPS) is 14.9. The van der Waals surface area contributed by atoms with Gasteiger partial charge in [0, 0.05) is 37.7 Å². The molecule has 0 radical (unpaired) electrons. The highest BCUT2D eigenvalue weighted by Crippen LogP contribution is 2.40. The van der Waals surface area contributed by atoms with Crippen molar-refractivity contribution in [2.24, 2.45) is 0 Å². The highest BCUT2D eigenvalue weighted by atomic mass is 32.2. The van der Waals surface area contributed by atoms with Crippen molar-refractivity contribution in [3.63, 3.8) is 0 Å². The van der Waals surface area contributed by atoms with Crippen LogP contribution in [0.25, 0.3) is 0 Å². The second-order valence-corrected chi connectivity index (χ2v) is 9.14. The topological polar surface area (TPSA) is 149 Å². The number of nitrogens with two attached hydrogens (primary N) is 1. The third-order valence-electron chi connectivity index (χ3n) is 4.35. The first kappa shape index (κ1) is 22.8. The van der Waals surface area contributed by atoms with Crippen molar-refractivity contribution in [1.82, 2.24) is 24.8 Å². The molecule has 0 atom stereocenters. The number of nitrogens with one attached hydrogen (secondary N) is 1. The number of hydrogen-bond acceptors (Lipinski definition) is 12. The summed E-state index contributed by atoms with van der Waals surface area (Å²) < 4.78 is 36.7. The van der Waals surface area contributed by atoms with Crippen LogP contribution in [0.4, 0.5) is 17.6 Å². The molecule has 0 aromatic carbocycles. The largest absolute Gasteiger partial charge is 0.480 e. The van der Waals surface area contributed by atoms with E-state index in [2.05, 4.69) is 48.1 Å². The van der Waals surface area contributed by atoms with E-state index in [4.69, 9.17) is 15.2 Å². The van der Waals surface area contributed by atoms with Gasteiger partial charge in [-0.05, 0) is 18.8 Å². The zero-order valence-corrected chi connectivity index (χ0v) is 19.0. The molecule has 2 aromatic rings. The van der Waals surface area contributed by atoms with Gasteiger partial charge in [-0.15, -0.1) is 0 Å². The van der Waals surface area contributed by atoms with Crippen LogP contribution >= 0.6 is 11.8 Å². The van der Waals surface area contributed by atoms with Gasteiger partial charge in [-0.25, -0.2) is 18.4 Å². The Kier molecular flexibility index (Phi) is 7.02. The summed E-state index contributed by atoms with van der Waals surface area (Å²) in [4.78, 5) is 22.1. The zero-order valence-electron chi connectivity index (χ0n) is 17.4. The van der Waals surface area contributed by atoms with Gasteiger partial charge in [0.05, 0.1) is 14.2 Å². The number of aromatic nitrogens is 4. The van der Waals surface area contributed by atoms with Crippen LogP contribution in [0.5, 0.6) is 11.8 Å². The Morgan fingerprint density at radius 1 is 1.13 bits per heavy atom. The van der Waals surface area contributed by atoms with Gasteiger partial charge in [0.25, 0.3) is 10.0 Å². The lowest BCUT2D eigenvalue weighted by atomic mass is 10.3. The summed E-state index contributed by atoms with van der Waals surface area (Å²) in [5, 5.41) is 0.934. The number of hydrogen-bond donors (Lipinski definition) is 2. The van der Waals surface area contributed by atoms with Crippen LogP contribution in [0.3, 0.4) is 0 Å². The molecule has 1 aliphatic rings. The summed E-state index contributed by atoms with van der Waals surface area (Å²) in [5.41, 5.74) is 5.82. The second-order valence-electron chi connectivity index (χ2n) is 6.54. The highest BCUT2D eigenvalue weighted by Gasteiger charge is 2.24. The summed E-state index contributed by atoms with van der Waals surface area (Å²) in [5.74, 6) is 1.14. The van der Waals surface area contributed by atoms with Crippen molar-refractivity contribution >= 4 is 39.4 Å². The number of rotatable bonds is 8. The third-order valence-corrected chi connectivity index (χ3v) is 6.20. The molecule has 1 saturated heterocycles. The Morgan fingerprint density at radius 3 is 2.29 bits per heavy atom. The maximum atomic E-state index is 11.8. The fourth-order valence-electron chi connectivity index (χ4n) is 2.73. The predicted molar refractivity (Wildman–Crippen MR) is 118 cm³/mol. The molecule has 3 N–H and O–H groups in total. The minimum absolute atomic E-state index is 0.00260. The maximum absolute atomic E-state index is 11.8. The van der Waals surface area contributed by atoms with Gasteiger partial charge in [0.15, 0.2) is 5.16 Å². The van der Waals surface area contributed by atoms with E-state index in [1.165, 1.54) is 20.3 Å². The van der Waals surface area contributed by atoms with E-state index in [9.17, 15) is 8.42 Å². The number of anilines is 3. The molecule has 0 bridgehead atoms. The van der Waals surface area contributed by atoms with Crippen LogP contribution < -0.4 is 24.8 Å². The number of ether oxygens (including phenoxy) is 2. The summed E-state index contributed by atoms with van der Waals surface area (Å²) in [7, 11) is 1.29. The number of likely N-dealkylation sites (N-methyl/N-ethyl adjacent to an activating group) is 1. The molecule has 3 rings (SSSR count). The van der Waals surface area contributed by atoms with Gasteiger partial charge in [0.1, 0.15) is 16.5 Å². The minimum atomic E-state index is -3.75. The SMILES string of the molecule is C=CS(=O)(=O)Nc1cc(N)nc(Sc2c(OC)nc(N3CCN(C)CC3)nc2OC)n1. The molecule has 2 aromatic heterocycles. The quantitative estimate of drug-likeness (QED) is 0.524. The molecule has 0 amide bonds. The van der Waals surface area contributed by atoms with Crippen molar-refractivity contribution in [3.05, 3.63) is 18.1 Å². The first-order valence-electron chi connectivity index (χ1n) is 9.16. The van der Waals surface area contributed by atoms with Crippen molar-refractivity contribution in [3.8, 4) is 11.8 Å². The number of nitrogens with zero attached hydrogens (tertiary/aromatic N) is 6. The zero-order chi connectivity index (χ0) is 22.6. The molecule has 12 nitrogen and oxygen atoms in total. The summed E-state index contributed by atoms with van der Waals surface area (Å²) >= 11 is 1.04. The van der Waals surface area contributed by atoms with Crippen LogP contribution in [-0.2, 0) is 10.0 Å². The molecule has 0 aliphatic carbocycles. The van der Waals surface area contributed by atoms with Gasteiger partial charge in [-0.3, -0.25) is 4.72 Å². The van der Waals surface area contributed by atoms with E-state index < -0.39 is 10.0 Å². The highest BCUT2D eigenvalue weighted by molar-refractivity contribution is 7.99. The Morgan fingerprint density at radius 2 is 1.74 bits per heavy atom. The number of methoxy groups -OCH3 is 2. The van der Waals surface area contributed by atoms with E-state index in [-0.39, 0.29) is 28.6 Å². The monoisotopic (exact) mass is 468 g/mol. The summed E-state index contributed by atoms with van der Waals surface area (Å²) in [6, 6.07) is 1.30. The fraction of sp³-hybridized carbons (Fsp3) is 0.412. The molecule has 31 heavy (non-hydrogen) atoms. The average molecular weight is 469 g/mol. The maximum Gasteiger partial charge on any atom is 0.255 e. The molecule has 1 aliphatic heterocycles. The van der Waals surface area contributed by atoms with Crippen molar-refractivity contribution in [1.29, 1.82) is 0 Å². The van der Waals surface area contributed by atoms with E-state index >= 15 is 0 Å². The predicted octanol–water partition coefficient (Wildman–Crippen LogP) is 0.654. The second kappa shape index (κ2) is 9.53. The lowest BCUT2D eigenvalue weighted by molar-refractivity contribution is 0.308. The number of nitrogen functional groups attached to an aromatic ring is 1. The Bertz CT molecular complexity index is 1030. The van der Waals surface area contributed by atoms with E-state index in [0.29, 0.717) is 10.8 Å². The first-order valence-corrected chi connectivity index (χ1v) is 11.5. The molecule has 0 unspecified atom stereocenters. The van der Waals surface area contributed by atoms with Crippen molar-refractivity contribution in [2.75, 3.05) is 62.8 Å². The first-order chi connectivity index (χ1) is 14.7. The molecule has 1 fully saturated rings. The van der Waals surface area contributed by atoms with E-state index in [1.807, 2.05) is 0 Å². The summed E-state index contributed by atoms with van der Waals surface area (Å²) in [6.45, 7) is 6.59. The van der Waals surface area contributed by atoms with Gasteiger partial charge >= 0.3 is 0 Å². The third kappa shape index (κ3) is 5.65. The van der Waals surface area contributed by atoms with Crippen LogP contribution in [0, 0.1) is 0 Å². The molecule has 0 saturated carbocycles. The van der Waals surface area contributed by atoms with Gasteiger partial charge in [0.2, 0.25) is 17.7 Å². The molecular formula is C17H24N8O4S2. The lowest BCUT2D eigenvalue weighted by Crippen LogP contribution is -2.45. The van der Waals surface area contributed by atoms with Crippen LogP contribution in [-0.4, -0.2) is 80.7 Å². The van der Waals surface area contributed by atoms with E-state index in [0.717, 1.165) is 43.3 Å². The minimum Gasteiger partial charge on any atom is -0.480 e. The molecule has 14 heteroatoms. The van der Waals surface area contributed by atoms with Crippen molar-refractivity contribution in [2.45, 2.75) is 10.1 Å². The Balaban J connectivity index is 1.94. The number of sulfonamides is 1. The molecule has 168 valence electrons. The average Bonchev–Trinajstić information content (AvgIpc) is 2.73. The van der Waals surface area contributed by atoms with Gasteiger partial charge < -0.3 is 25.0 Å². The smallest absolute Gasteiger partial charge is 0.255 e.